The molecule has 0 unspecified atom stereocenters. The van der Waals surface area contributed by atoms with E-state index in [0.717, 1.165) is 24.2 Å². The smallest absolute Gasteiger partial charge is 0.0605 e. The van der Waals surface area contributed by atoms with Crippen LogP contribution in [0.2, 0.25) is 0 Å². The van der Waals surface area contributed by atoms with Crippen LogP contribution in [0.1, 0.15) is 36.8 Å². The van der Waals surface area contributed by atoms with Gasteiger partial charge in [-0.3, -0.25) is 9.80 Å². The highest BCUT2D eigenvalue weighted by atomic mass is 15.1. The Morgan fingerprint density at radius 2 is 1.18 bits per heavy atom. The summed E-state index contributed by atoms with van der Waals surface area (Å²) < 4.78 is 0. The van der Waals surface area contributed by atoms with Crippen LogP contribution < -0.4 is 0 Å². The van der Waals surface area contributed by atoms with E-state index < -0.39 is 0 Å². The maximum Gasteiger partial charge on any atom is 0.0605 e. The molecule has 0 saturated carbocycles. The zero-order valence-corrected chi connectivity index (χ0v) is 13.3. The summed E-state index contributed by atoms with van der Waals surface area (Å²) in [7, 11) is 0. The third-order valence-corrected chi connectivity index (χ3v) is 4.33. The molecule has 0 radical (unpaired) electrons. The van der Waals surface area contributed by atoms with Gasteiger partial charge in [0.25, 0.3) is 0 Å². The van der Waals surface area contributed by atoms with Crippen LogP contribution in [0.3, 0.4) is 0 Å². The number of likely N-dealkylation sites (tertiary alicyclic amines) is 2. The van der Waals surface area contributed by atoms with E-state index in [4.69, 9.17) is 0 Å². The van der Waals surface area contributed by atoms with E-state index in [1.165, 1.54) is 51.9 Å². The predicted octanol–water partition coefficient (Wildman–Crippen LogP) is 2.58. The largest absolute Gasteiger partial charge is 0.292 e. The maximum absolute atomic E-state index is 3.29. The summed E-state index contributed by atoms with van der Waals surface area (Å²) in [4.78, 5) is 4.85. The third-order valence-electron chi connectivity index (χ3n) is 4.33. The van der Waals surface area contributed by atoms with Gasteiger partial charge in [0.15, 0.2) is 0 Å². The number of hydrogen-bond acceptors (Lipinski definition) is 2. The Hall–Kier alpha value is -1.74. The van der Waals surface area contributed by atoms with Crippen molar-refractivity contribution in [1.29, 1.82) is 0 Å². The van der Waals surface area contributed by atoms with Gasteiger partial charge in [0, 0.05) is 11.1 Å². The second kappa shape index (κ2) is 8.04. The lowest BCUT2D eigenvalue weighted by Crippen LogP contribution is -2.19. The molecule has 2 fully saturated rings. The molecule has 2 nitrogen and oxygen atoms in total. The van der Waals surface area contributed by atoms with E-state index in [1.807, 2.05) is 0 Å². The van der Waals surface area contributed by atoms with Crippen LogP contribution in [-0.2, 0) is 0 Å². The normalized spacial score (nSPS) is 18.5. The van der Waals surface area contributed by atoms with Gasteiger partial charge in [-0.1, -0.05) is 29.7 Å². The van der Waals surface area contributed by atoms with Crippen LogP contribution in [0.25, 0.3) is 0 Å². The molecule has 2 saturated heterocycles. The van der Waals surface area contributed by atoms with E-state index in [-0.39, 0.29) is 0 Å². The molecule has 1 aromatic rings. The molecule has 0 bridgehead atoms. The van der Waals surface area contributed by atoms with Gasteiger partial charge in [0.05, 0.1) is 13.1 Å². The van der Waals surface area contributed by atoms with Gasteiger partial charge in [-0.05, 0) is 70.1 Å². The van der Waals surface area contributed by atoms with Crippen molar-refractivity contribution in [3.8, 4) is 23.7 Å². The maximum atomic E-state index is 3.29. The highest BCUT2D eigenvalue weighted by molar-refractivity contribution is 5.43. The zero-order chi connectivity index (χ0) is 15.0. The molecule has 0 aromatic heterocycles. The van der Waals surface area contributed by atoms with Crippen LogP contribution >= 0.6 is 0 Å². The van der Waals surface area contributed by atoms with Crippen LogP contribution in [-0.4, -0.2) is 49.1 Å². The quantitative estimate of drug-likeness (QED) is 0.773. The van der Waals surface area contributed by atoms with Crippen LogP contribution in [0, 0.1) is 23.7 Å². The van der Waals surface area contributed by atoms with E-state index in [0.29, 0.717) is 0 Å². The first-order valence-corrected chi connectivity index (χ1v) is 8.43. The Labute approximate surface area is 134 Å². The van der Waals surface area contributed by atoms with Gasteiger partial charge in [-0.2, -0.15) is 0 Å². The third kappa shape index (κ3) is 4.63. The molecule has 2 aliphatic heterocycles. The number of benzene rings is 1. The summed E-state index contributed by atoms with van der Waals surface area (Å²) in [5.41, 5.74) is 2.15. The van der Waals surface area contributed by atoms with Crippen molar-refractivity contribution < 1.29 is 0 Å². The number of hydrogen-bond donors (Lipinski definition) is 0. The lowest BCUT2D eigenvalue weighted by Gasteiger charge is -2.08. The molecule has 22 heavy (non-hydrogen) atoms. The summed E-state index contributed by atoms with van der Waals surface area (Å²) in [6.07, 6.45) is 5.29. The number of rotatable bonds is 2. The highest BCUT2D eigenvalue weighted by Gasteiger charge is 2.09. The zero-order valence-electron chi connectivity index (χ0n) is 13.3. The van der Waals surface area contributed by atoms with Crippen molar-refractivity contribution in [3.05, 3.63) is 35.4 Å². The lowest BCUT2D eigenvalue weighted by atomic mass is 10.1. The van der Waals surface area contributed by atoms with Crippen molar-refractivity contribution in [1.82, 2.24) is 9.80 Å². The van der Waals surface area contributed by atoms with Crippen molar-refractivity contribution in [2.45, 2.75) is 25.7 Å². The predicted molar refractivity (Wildman–Crippen MR) is 91.5 cm³/mol. The summed E-state index contributed by atoms with van der Waals surface area (Å²) in [6, 6.07) is 8.30. The minimum absolute atomic E-state index is 0.894. The van der Waals surface area contributed by atoms with Gasteiger partial charge in [-0.15, -0.1) is 0 Å². The van der Waals surface area contributed by atoms with E-state index >= 15 is 0 Å². The van der Waals surface area contributed by atoms with Crippen LogP contribution in [0.5, 0.6) is 0 Å². The monoisotopic (exact) mass is 292 g/mol. The van der Waals surface area contributed by atoms with E-state index in [2.05, 4.69) is 57.7 Å². The molecule has 3 rings (SSSR count). The second-order valence-corrected chi connectivity index (χ2v) is 6.15. The molecule has 0 atom stereocenters. The molecule has 2 heteroatoms. The Bertz CT molecular complexity index is 549. The Balaban J connectivity index is 1.55. The average Bonchev–Trinajstić information content (AvgIpc) is 3.21. The summed E-state index contributed by atoms with van der Waals surface area (Å²) in [6.45, 7) is 6.61. The SMILES string of the molecule is C(#Cc1cccc(C#CCN2CCCC2)c1)CN1CCCC1. The number of nitrogens with zero attached hydrogens (tertiary/aromatic N) is 2. The molecule has 114 valence electrons. The Kier molecular flexibility index (Phi) is 5.54. The topological polar surface area (TPSA) is 6.48 Å². The Morgan fingerprint density at radius 3 is 1.64 bits per heavy atom. The van der Waals surface area contributed by atoms with Crippen molar-refractivity contribution in [3.63, 3.8) is 0 Å². The molecule has 0 spiro atoms. The molecule has 2 heterocycles. The molecule has 1 aromatic carbocycles. The molecule has 2 aliphatic rings. The minimum atomic E-state index is 0.894. The molecule has 0 N–H and O–H groups in total. The van der Waals surface area contributed by atoms with Crippen molar-refractivity contribution in [2.75, 3.05) is 39.3 Å². The van der Waals surface area contributed by atoms with Crippen molar-refractivity contribution in [2.24, 2.45) is 0 Å². The summed E-state index contributed by atoms with van der Waals surface area (Å²) in [5, 5.41) is 0. The highest BCUT2D eigenvalue weighted by Crippen LogP contribution is 2.07. The first-order valence-electron chi connectivity index (χ1n) is 8.43. The second-order valence-electron chi connectivity index (χ2n) is 6.15. The fourth-order valence-electron chi connectivity index (χ4n) is 3.06. The molecule has 0 aliphatic carbocycles. The standard InChI is InChI=1S/C20H24N2/c1-2-13-21(12-1)16-6-10-19-8-5-9-20(18-19)11-7-17-22-14-3-4-15-22/h5,8-9,18H,1-4,12-17H2. The summed E-state index contributed by atoms with van der Waals surface area (Å²) >= 11 is 0. The molecule has 0 amide bonds. The lowest BCUT2D eigenvalue weighted by molar-refractivity contribution is 0.383. The van der Waals surface area contributed by atoms with Gasteiger partial charge in [0.1, 0.15) is 0 Å². The fourth-order valence-corrected chi connectivity index (χ4v) is 3.06. The van der Waals surface area contributed by atoms with Gasteiger partial charge < -0.3 is 0 Å². The molecular weight excluding hydrogens is 268 g/mol. The van der Waals surface area contributed by atoms with Gasteiger partial charge in [0.2, 0.25) is 0 Å². The van der Waals surface area contributed by atoms with Gasteiger partial charge >= 0.3 is 0 Å². The van der Waals surface area contributed by atoms with Gasteiger partial charge in [-0.25, -0.2) is 0 Å². The summed E-state index contributed by atoms with van der Waals surface area (Å²) in [5.74, 6) is 13.1. The first-order chi connectivity index (χ1) is 10.9. The van der Waals surface area contributed by atoms with E-state index in [9.17, 15) is 0 Å². The Morgan fingerprint density at radius 1 is 0.727 bits per heavy atom. The fraction of sp³-hybridized carbons (Fsp3) is 0.500. The first kappa shape index (κ1) is 15.2. The van der Waals surface area contributed by atoms with Crippen LogP contribution in [0.4, 0.5) is 0 Å². The minimum Gasteiger partial charge on any atom is -0.292 e. The van der Waals surface area contributed by atoms with Crippen LogP contribution in [0.15, 0.2) is 24.3 Å². The van der Waals surface area contributed by atoms with Crippen molar-refractivity contribution >= 4 is 0 Å². The molecular formula is C20H24N2. The van der Waals surface area contributed by atoms with E-state index in [1.54, 1.807) is 0 Å². The average molecular weight is 292 g/mol.